The monoisotopic (exact) mass is 286 g/mol. The molecule has 1 saturated carbocycles. The molecule has 3 heteroatoms. The Morgan fingerprint density at radius 1 is 1.19 bits per heavy atom. The number of rotatable bonds is 7. The standard InChI is InChI=1S/C18H26N2O/c1-20(15-17-6-3-2-4-7-17)12-5-13-21-18-10-8-16(14-19)9-11-18/h8-11,17H,2-7,12-13,15H2,1H3. The Hall–Kier alpha value is -1.53. The van der Waals surface area contributed by atoms with Crippen LogP contribution in [-0.4, -0.2) is 31.6 Å². The van der Waals surface area contributed by atoms with Gasteiger partial charge in [0.2, 0.25) is 0 Å². The normalized spacial score (nSPS) is 15.9. The lowest BCUT2D eigenvalue weighted by atomic mass is 9.89. The average Bonchev–Trinajstić information content (AvgIpc) is 2.53. The number of hydrogen-bond acceptors (Lipinski definition) is 3. The second kappa shape index (κ2) is 8.69. The van der Waals surface area contributed by atoms with E-state index in [4.69, 9.17) is 10.00 Å². The van der Waals surface area contributed by atoms with E-state index in [0.29, 0.717) is 5.56 Å². The Kier molecular flexibility index (Phi) is 6.56. The van der Waals surface area contributed by atoms with Crippen molar-refractivity contribution in [2.24, 2.45) is 5.92 Å². The summed E-state index contributed by atoms with van der Waals surface area (Å²) in [6.07, 6.45) is 8.13. The smallest absolute Gasteiger partial charge is 0.119 e. The van der Waals surface area contributed by atoms with Gasteiger partial charge >= 0.3 is 0 Å². The molecule has 0 N–H and O–H groups in total. The van der Waals surface area contributed by atoms with E-state index in [1.165, 1.54) is 38.6 Å². The van der Waals surface area contributed by atoms with Crippen molar-refractivity contribution in [1.82, 2.24) is 4.90 Å². The third-order valence-electron chi connectivity index (χ3n) is 4.23. The maximum Gasteiger partial charge on any atom is 0.119 e. The summed E-state index contributed by atoms with van der Waals surface area (Å²) >= 11 is 0. The molecule has 0 spiro atoms. The van der Waals surface area contributed by atoms with Gasteiger partial charge in [-0.15, -0.1) is 0 Å². The van der Waals surface area contributed by atoms with Crippen LogP contribution in [0.4, 0.5) is 0 Å². The fraction of sp³-hybridized carbons (Fsp3) is 0.611. The van der Waals surface area contributed by atoms with E-state index in [1.54, 1.807) is 12.1 Å². The number of benzene rings is 1. The van der Waals surface area contributed by atoms with Gasteiger partial charge in [0.05, 0.1) is 18.2 Å². The van der Waals surface area contributed by atoms with E-state index >= 15 is 0 Å². The molecule has 0 bridgehead atoms. The number of nitriles is 1. The lowest BCUT2D eigenvalue weighted by Gasteiger charge is -2.26. The SMILES string of the molecule is CN(CCCOc1ccc(C#N)cc1)CC1CCCCC1. The molecule has 0 amide bonds. The van der Waals surface area contributed by atoms with Gasteiger partial charge in [-0.25, -0.2) is 0 Å². The molecule has 1 aliphatic carbocycles. The molecular weight excluding hydrogens is 260 g/mol. The highest BCUT2D eigenvalue weighted by molar-refractivity contribution is 5.34. The van der Waals surface area contributed by atoms with Gasteiger partial charge < -0.3 is 9.64 Å². The zero-order chi connectivity index (χ0) is 14.9. The van der Waals surface area contributed by atoms with E-state index in [-0.39, 0.29) is 0 Å². The summed E-state index contributed by atoms with van der Waals surface area (Å²) in [5.74, 6) is 1.76. The highest BCUT2D eigenvalue weighted by Gasteiger charge is 2.14. The summed E-state index contributed by atoms with van der Waals surface area (Å²) in [7, 11) is 2.22. The first-order chi connectivity index (χ1) is 10.3. The lowest BCUT2D eigenvalue weighted by Crippen LogP contribution is -2.28. The van der Waals surface area contributed by atoms with Crippen molar-refractivity contribution in [2.45, 2.75) is 38.5 Å². The van der Waals surface area contributed by atoms with E-state index < -0.39 is 0 Å². The second-order valence-corrected chi connectivity index (χ2v) is 6.10. The minimum Gasteiger partial charge on any atom is -0.494 e. The summed E-state index contributed by atoms with van der Waals surface area (Å²) in [5, 5.41) is 8.74. The van der Waals surface area contributed by atoms with Crippen molar-refractivity contribution < 1.29 is 4.74 Å². The highest BCUT2D eigenvalue weighted by Crippen LogP contribution is 2.24. The van der Waals surface area contributed by atoms with Crippen LogP contribution in [0.25, 0.3) is 0 Å². The Morgan fingerprint density at radius 2 is 1.90 bits per heavy atom. The first-order valence-electron chi connectivity index (χ1n) is 8.09. The van der Waals surface area contributed by atoms with E-state index in [2.05, 4.69) is 18.0 Å². The summed E-state index contributed by atoms with van der Waals surface area (Å²) in [4.78, 5) is 2.44. The van der Waals surface area contributed by atoms with Crippen LogP contribution in [0.15, 0.2) is 24.3 Å². The van der Waals surface area contributed by atoms with Gasteiger partial charge in [-0.05, 0) is 56.5 Å². The minimum atomic E-state index is 0.676. The Bertz CT molecular complexity index is 443. The van der Waals surface area contributed by atoms with Gasteiger partial charge in [-0.3, -0.25) is 0 Å². The molecule has 0 unspecified atom stereocenters. The largest absolute Gasteiger partial charge is 0.494 e. The molecule has 0 atom stereocenters. The fourth-order valence-corrected chi connectivity index (χ4v) is 3.05. The molecule has 3 nitrogen and oxygen atoms in total. The van der Waals surface area contributed by atoms with Crippen LogP contribution < -0.4 is 4.74 Å². The summed E-state index contributed by atoms with van der Waals surface area (Å²) in [6, 6.07) is 9.44. The molecule has 2 rings (SSSR count). The molecule has 0 aliphatic heterocycles. The second-order valence-electron chi connectivity index (χ2n) is 6.10. The van der Waals surface area contributed by atoms with E-state index in [0.717, 1.165) is 31.2 Å². The minimum absolute atomic E-state index is 0.676. The summed E-state index contributed by atoms with van der Waals surface area (Å²) < 4.78 is 5.71. The molecule has 1 aromatic carbocycles. The van der Waals surface area contributed by atoms with Gasteiger partial charge in [0.25, 0.3) is 0 Å². The zero-order valence-corrected chi connectivity index (χ0v) is 13.1. The van der Waals surface area contributed by atoms with Crippen molar-refractivity contribution in [3.8, 4) is 11.8 Å². The molecular formula is C18H26N2O. The Labute approximate surface area is 128 Å². The molecule has 1 fully saturated rings. The van der Waals surface area contributed by atoms with Crippen LogP contribution >= 0.6 is 0 Å². The predicted molar refractivity (Wildman–Crippen MR) is 85.3 cm³/mol. The average molecular weight is 286 g/mol. The first kappa shape index (κ1) is 15.9. The van der Waals surface area contributed by atoms with Crippen molar-refractivity contribution in [3.63, 3.8) is 0 Å². The third kappa shape index (κ3) is 5.77. The first-order valence-corrected chi connectivity index (χ1v) is 8.09. The maximum absolute atomic E-state index is 8.74. The van der Waals surface area contributed by atoms with Gasteiger partial charge in [-0.1, -0.05) is 19.3 Å². The van der Waals surface area contributed by atoms with Gasteiger partial charge in [0.15, 0.2) is 0 Å². The Balaban J connectivity index is 1.59. The molecule has 0 aromatic heterocycles. The van der Waals surface area contributed by atoms with Crippen LogP contribution in [0.1, 0.15) is 44.1 Å². The van der Waals surface area contributed by atoms with Crippen molar-refractivity contribution in [1.29, 1.82) is 5.26 Å². The molecule has 0 heterocycles. The molecule has 1 aromatic rings. The molecule has 0 saturated heterocycles. The van der Waals surface area contributed by atoms with Crippen LogP contribution in [0, 0.1) is 17.2 Å². The summed E-state index contributed by atoms with van der Waals surface area (Å²) in [6.45, 7) is 3.06. The van der Waals surface area contributed by atoms with E-state index in [1.807, 2.05) is 12.1 Å². The molecule has 114 valence electrons. The molecule has 0 radical (unpaired) electrons. The lowest BCUT2D eigenvalue weighted by molar-refractivity contribution is 0.214. The number of hydrogen-bond donors (Lipinski definition) is 0. The predicted octanol–water partition coefficient (Wildman–Crippen LogP) is 3.84. The fourth-order valence-electron chi connectivity index (χ4n) is 3.05. The molecule has 1 aliphatic rings. The maximum atomic E-state index is 8.74. The van der Waals surface area contributed by atoms with Gasteiger partial charge in [0.1, 0.15) is 5.75 Å². The van der Waals surface area contributed by atoms with Crippen LogP contribution in [0.5, 0.6) is 5.75 Å². The van der Waals surface area contributed by atoms with Crippen molar-refractivity contribution in [3.05, 3.63) is 29.8 Å². The Morgan fingerprint density at radius 3 is 2.57 bits per heavy atom. The topological polar surface area (TPSA) is 36.3 Å². The van der Waals surface area contributed by atoms with E-state index in [9.17, 15) is 0 Å². The van der Waals surface area contributed by atoms with Crippen LogP contribution in [0.3, 0.4) is 0 Å². The highest BCUT2D eigenvalue weighted by atomic mass is 16.5. The molecule has 21 heavy (non-hydrogen) atoms. The van der Waals surface area contributed by atoms with Crippen molar-refractivity contribution >= 4 is 0 Å². The van der Waals surface area contributed by atoms with Crippen molar-refractivity contribution in [2.75, 3.05) is 26.7 Å². The zero-order valence-electron chi connectivity index (χ0n) is 13.1. The number of nitrogens with zero attached hydrogens (tertiary/aromatic N) is 2. The third-order valence-corrected chi connectivity index (χ3v) is 4.23. The number of ether oxygens (including phenoxy) is 1. The van der Waals surface area contributed by atoms with Gasteiger partial charge in [-0.2, -0.15) is 5.26 Å². The van der Waals surface area contributed by atoms with Gasteiger partial charge in [0, 0.05) is 13.1 Å². The quantitative estimate of drug-likeness (QED) is 0.715. The van der Waals surface area contributed by atoms with Crippen LogP contribution in [-0.2, 0) is 0 Å². The van der Waals surface area contributed by atoms with Crippen LogP contribution in [0.2, 0.25) is 0 Å². The summed E-state index contributed by atoms with van der Waals surface area (Å²) in [5.41, 5.74) is 0.676.